The van der Waals surface area contributed by atoms with Gasteiger partial charge in [0, 0.05) is 24.2 Å². The third-order valence-corrected chi connectivity index (χ3v) is 3.42. The van der Waals surface area contributed by atoms with Crippen LogP contribution in [0.25, 0.3) is 0 Å². The van der Waals surface area contributed by atoms with Crippen molar-refractivity contribution in [2.75, 3.05) is 11.9 Å². The van der Waals surface area contributed by atoms with Crippen molar-refractivity contribution in [2.24, 2.45) is 0 Å². The largest absolute Gasteiger partial charge is 0.370 e. The summed E-state index contributed by atoms with van der Waals surface area (Å²) >= 11 is 0. The van der Waals surface area contributed by atoms with E-state index in [1.807, 2.05) is 0 Å². The highest BCUT2D eigenvalue weighted by Crippen LogP contribution is 2.23. The molecule has 96 valence electrons. The molecular formula is C15H21N3. The molecule has 0 fully saturated rings. The molecule has 1 heterocycles. The fourth-order valence-corrected chi connectivity index (χ4v) is 2.41. The van der Waals surface area contributed by atoms with Gasteiger partial charge in [0.25, 0.3) is 0 Å². The highest BCUT2D eigenvalue weighted by Gasteiger charge is 2.13. The topological polar surface area (TPSA) is 37.8 Å². The number of anilines is 1. The van der Waals surface area contributed by atoms with Crippen molar-refractivity contribution in [3.63, 3.8) is 0 Å². The van der Waals surface area contributed by atoms with Crippen LogP contribution in [0.1, 0.15) is 49.8 Å². The average Bonchev–Trinajstić information content (AvgIpc) is 2.64. The maximum Gasteiger partial charge on any atom is 0.132 e. The van der Waals surface area contributed by atoms with E-state index in [-0.39, 0.29) is 0 Å². The minimum Gasteiger partial charge on any atom is -0.370 e. The highest BCUT2D eigenvalue weighted by atomic mass is 15.0. The molecule has 0 bridgehead atoms. The van der Waals surface area contributed by atoms with Gasteiger partial charge in [0.15, 0.2) is 0 Å². The monoisotopic (exact) mass is 243 g/mol. The summed E-state index contributed by atoms with van der Waals surface area (Å²) in [5, 5.41) is 3.44. The summed E-state index contributed by atoms with van der Waals surface area (Å²) in [5.41, 5.74) is 2.58. The van der Waals surface area contributed by atoms with Crippen LogP contribution in [-0.4, -0.2) is 16.5 Å². The van der Waals surface area contributed by atoms with Gasteiger partial charge in [-0.05, 0) is 38.5 Å². The molecule has 0 spiro atoms. The molecular weight excluding hydrogens is 222 g/mol. The van der Waals surface area contributed by atoms with Crippen LogP contribution in [0.5, 0.6) is 0 Å². The third kappa shape index (κ3) is 3.46. The molecule has 1 aromatic rings. The Morgan fingerprint density at radius 3 is 2.94 bits per heavy atom. The van der Waals surface area contributed by atoms with Crippen LogP contribution >= 0.6 is 0 Å². The van der Waals surface area contributed by atoms with Gasteiger partial charge in [-0.15, -0.1) is 12.3 Å². The average molecular weight is 243 g/mol. The first-order chi connectivity index (χ1) is 8.92. The molecule has 0 amide bonds. The molecule has 0 unspecified atom stereocenters. The molecule has 2 rings (SSSR count). The van der Waals surface area contributed by atoms with E-state index in [1.165, 1.54) is 30.5 Å². The number of hydrogen-bond acceptors (Lipinski definition) is 3. The summed E-state index contributed by atoms with van der Waals surface area (Å²) < 4.78 is 0. The number of unbranched alkanes of at least 4 members (excludes halogenated alkanes) is 2. The molecule has 1 aliphatic rings. The van der Waals surface area contributed by atoms with Crippen LogP contribution in [0.2, 0.25) is 0 Å². The highest BCUT2D eigenvalue weighted by molar-refractivity contribution is 5.46. The van der Waals surface area contributed by atoms with Crippen molar-refractivity contribution in [1.29, 1.82) is 0 Å². The Bertz CT molecular complexity index is 420. The molecule has 0 saturated carbocycles. The van der Waals surface area contributed by atoms with E-state index in [0.29, 0.717) is 0 Å². The molecule has 3 nitrogen and oxygen atoms in total. The normalized spacial score (nSPS) is 14.4. The molecule has 1 aliphatic carbocycles. The van der Waals surface area contributed by atoms with Gasteiger partial charge < -0.3 is 5.32 Å². The third-order valence-electron chi connectivity index (χ3n) is 3.42. The second-order valence-electron chi connectivity index (χ2n) is 4.80. The number of aromatic nitrogens is 2. The lowest BCUT2D eigenvalue weighted by Gasteiger charge is -2.12. The van der Waals surface area contributed by atoms with Crippen molar-refractivity contribution in [1.82, 2.24) is 9.97 Å². The predicted octanol–water partition coefficient (Wildman–Crippen LogP) is 2.96. The summed E-state index contributed by atoms with van der Waals surface area (Å²) in [7, 11) is 0. The first-order valence-electron chi connectivity index (χ1n) is 6.92. The number of nitrogens with zero attached hydrogens (tertiary/aromatic N) is 2. The number of nitrogens with one attached hydrogen (secondary N) is 1. The number of rotatable bonds is 5. The summed E-state index contributed by atoms with van der Waals surface area (Å²) in [4.78, 5) is 8.81. The van der Waals surface area contributed by atoms with Crippen molar-refractivity contribution in [3.8, 4) is 12.3 Å². The Balaban J connectivity index is 1.94. The molecule has 18 heavy (non-hydrogen) atoms. The van der Waals surface area contributed by atoms with E-state index < -0.39 is 0 Å². The summed E-state index contributed by atoms with van der Waals surface area (Å²) in [6.45, 7) is 0.950. The Hall–Kier alpha value is -1.56. The standard InChI is InChI=1S/C15H21N3/c1-2-3-4-8-11-16-15-13-9-6-5-7-10-14(13)17-12-18-15/h1,12H,3-11H2,(H,16,17,18). The van der Waals surface area contributed by atoms with E-state index in [2.05, 4.69) is 21.2 Å². The zero-order valence-corrected chi connectivity index (χ0v) is 10.9. The quantitative estimate of drug-likeness (QED) is 0.491. The fourth-order valence-electron chi connectivity index (χ4n) is 2.41. The second-order valence-corrected chi connectivity index (χ2v) is 4.80. The van der Waals surface area contributed by atoms with E-state index in [9.17, 15) is 0 Å². The predicted molar refractivity (Wildman–Crippen MR) is 74.5 cm³/mol. The van der Waals surface area contributed by atoms with Gasteiger partial charge in [0.05, 0.1) is 0 Å². The minimum absolute atomic E-state index is 0.865. The molecule has 3 heteroatoms. The van der Waals surface area contributed by atoms with Crippen LogP contribution in [0, 0.1) is 12.3 Å². The van der Waals surface area contributed by atoms with Crippen molar-refractivity contribution in [2.45, 2.75) is 51.4 Å². The van der Waals surface area contributed by atoms with Crippen molar-refractivity contribution < 1.29 is 0 Å². The summed E-state index contributed by atoms with van der Waals surface area (Å²) in [6, 6.07) is 0. The smallest absolute Gasteiger partial charge is 0.132 e. The lowest BCUT2D eigenvalue weighted by Crippen LogP contribution is -2.09. The first-order valence-corrected chi connectivity index (χ1v) is 6.92. The zero-order chi connectivity index (χ0) is 12.6. The summed E-state index contributed by atoms with van der Waals surface area (Å²) in [6.07, 6.45) is 16.0. The number of hydrogen-bond donors (Lipinski definition) is 1. The molecule has 1 N–H and O–H groups in total. The first kappa shape index (κ1) is 12.9. The van der Waals surface area contributed by atoms with E-state index in [4.69, 9.17) is 6.42 Å². The Kier molecular flexibility index (Phi) is 5.01. The number of fused-ring (bicyclic) bond motifs is 1. The van der Waals surface area contributed by atoms with Gasteiger partial charge in [0.2, 0.25) is 0 Å². The number of terminal acetylenes is 1. The minimum atomic E-state index is 0.865. The van der Waals surface area contributed by atoms with Crippen LogP contribution in [-0.2, 0) is 12.8 Å². The van der Waals surface area contributed by atoms with Gasteiger partial charge in [0.1, 0.15) is 12.1 Å². The second kappa shape index (κ2) is 7.00. The lowest BCUT2D eigenvalue weighted by atomic mass is 10.1. The molecule has 0 saturated heterocycles. The number of aryl methyl sites for hydroxylation is 1. The lowest BCUT2D eigenvalue weighted by molar-refractivity contribution is 0.708. The van der Waals surface area contributed by atoms with Gasteiger partial charge in [-0.2, -0.15) is 0 Å². The molecule has 1 aromatic heterocycles. The Labute approximate surface area is 109 Å². The maximum absolute atomic E-state index is 5.24. The maximum atomic E-state index is 5.24. The summed E-state index contributed by atoms with van der Waals surface area (Å²) in [5.74, 6) is 3.72. The van der Waals surface area contributed by atoms with E-state index in [1.54, 1.807) is 6.33 Å². The fraction of sp³-hybridized carbons (Fsp3) is 0.600. The van der Waals surface area contributed by atoms with Gasteiger partial charge in [-0.1, -0.05) is 6.42 Å². The van der Waals surface area contributed by atoms with E-state index >= 15 is 0 Å². The van der Waals surface area contributed by atoms with Crippen LogP contribution < -0.4 is 5.32 Å². The molecule has 0 aliphatic heterocycles. The van der Waals surface area contributed by atoms with Gasteiger partial charge in [-0.3, -0.25) is 0 Å². The Morgan fingerprint density at radius 1 is 1.17 bits per heavy atom. The Morgan fingerprint density at radius 2 is 2.06 bits per heavy atom. The SMILES string of the molecule is C#CCCCCNc1ncnc2c1CCCCC2. The molecule has 0 radical (unpaired) electrons. The van der Waals surface area contributed by atoms with Crippen LogP contribution in [0.3, 0.4) is 0 Å². The van der Waals surface area contributed by atoms with Gasteiger partial charge >= 0.3 is 0 Å². The van der Waals surface area contributed by atoms with Crippen molar-refractivity contribution in [3.05, 3.63) is 17.6 Å². The zero-order valence-electron chi connectivity index (χ0n) is 10.9. The van der Waals surface area contributed by atoms with Crippen LogP contribution in [0.4, 0.5) is 5.82 Å². The van der Waals surface area contributed by atoms with Crippen molar-refractivity contribution >= 4 is 5.82 Å². The van der Waals surface area contributed by atoms with Gasteiger partial charge in [-0.25, -0.2) is 9.97 Å². The molecule has 0 atom stereocenters. The van der Waals surface area contributed by atoms with E-state index in [0.717, 1.165) is 44.5 Å². The molecule has 0 aromatic carbocycles. The van der Waals surface area contributed by atoms with Crippen LogP contribution in [0.15, 0.2) is 6.33 Å².